The van der Waals surface area contributed by atoms with Crippen LogP contribution in [0.3, 0.4) is 0 Å². The zero-order valence-corrected chi connectivity index (χ0v) is 23.2. The van der Waals surface area contributed by atoms with Gasteiger partial charge >= 0.3 is 0 Å². The maximum atomic E-state index is 14.7. The molecule has 41 heavy (non-hydrogen) atoms. The average molecular weight is 547 g/mol. The zero-order chi connectivity index (χ0) is 27.9. The summed E-state index contributed by atoms with van der Waals surface area (Å²) in [6.45, 7) is 7.79. The molecular formula is C33H31FN6O. The molecule has 1 fully saturated rings. The van der Waals surface area contributed by atoms with Gasteiger partial charge in [0.05, 0.1) is 16.9 Å². The van der Waals surface area contributed by atoms with Gasteiger partial charge in [-0.1, -0.05) is 0 Å². The van der Waals surface area contributed by atoms with Gasteiger partial charge in [-0.3, -0.25) is 20.0 Å². The minimum atomic E-state index is -0.347. The molecule has 0 radical (unpaired) electrons. The summed E-state index contributed by atoms with van der Waals surface area (Å²) in [6, 6.07) is 15.1. The summed E-state index contributed by atoms with van der Waals surface area (Å²) >= 11 is 0. The van der Waals surface area contributed by atoms with Crippen LogP contribution in [0.15, 0.2) is 67.1 Å². The van der Waals surface area contributed by atoms with Crippen LogP contribution in [0.4, 0.5) is 4.39 Å². The van der Waals surface area contributed by atoms with Crippen LogP contribution >= 0.6 is 0 Å². The second kappa shape index (κ2) is 10.4. The molecule has 6 aromatic rings. The Labute approximate surface area is 237 Å². The van der Waals surface area contributed by atoms with E-state index in [1.165, 1.54) is 30.5 Å². The topological polar surface area (TPSA) is 82.7 Å². The molecule has 0 spiro atoms. The third kappa shape index (κ3) is 4.85. The predicted molar refractivity (Wildman–Crippen MR) is 160 cm³/mol. The number of rotatable bonds is 7. The molecule has 1 aliphatic heterocycles. The van der Waals surface area contributed by atoms with E-state index in [0.717, 1.165) is 69.5 Å². The van der Waals surface area contributed by atoms with Crippen molar-refractivity contribution in [2.75, 3.05) is 26.2 Å². The predicted octanol–water partition coefficient (Wildman–Crippen LogP) is 7.07. The highest BCUT2D eigenvalue weighted by Gasteiger charge is 2.18. The fraction of sp³-hybridized carbons (Fsp3) is 0.242. The van der Waals surface area contributed by atoms with Gasteiger partial charge < -0.3 is 9.72 Å². The van der Waals surface area contributed by atoms with E-state index < -0.39 is 0 Å². The van der Waals surface area contributed by atoms with Crippen LogP contribution in [0.1, 0.15) is 24.0 Å². The highest BCUT2D eigenvalue weighted by atomic mass is 19.1. The Kier molecular flexibility index (Phi) is 6.47. The molecule has 0 saturated carbocycles. The molecule has 1 aliphatic rings. The molecule has 7 rings (SSSR count). The molecule has 0 aliphatic carbocycles. The molecule has 206 valence electrons. The first-order valence-corrected chi connectivity index (χ1v) is 14.1. The van der Waals surface area contributed by atoms with Gasteiger partial charge in [0.15, 0.2) is 0 Å². The number of hydrogen-bond donors (Lipinski definition) is 2. The quantitative estimate of drug-likeness (QED) is 0.224. The van der Waals surface area contributed by atoms with Crippen LogP contribution in [0.25, 0.3) is 55.6 Å². The van der Waals surface area contributed by atoms with Crippen molar-refractivity contribution in [1.29, 1.82) is 0 Å². The lowest BCUT2D eigenvalue weighted by Gasteiger charge is -2.15. The molecule has 5 heterocycles. The zero-order valence-electron chi connectivity index (χ0n) is 23.2. The first-order valence-electron chi connectivity index (χ1n) is 14.1. The molecule has 1 saturated heterocycles. The summed E-state index contributed by atoms with van der Waals surface area (Å²) in [4.78, 5) is 14.9. The third-order valence-corrected chi connectivity index (χ3v) is 8.06. The monoisotopic (exact) mass is 546 g/mol. The largest absolute Gasteiger partial charge is 0.492 e. The van der Waals surface area contributed by atoms with Crippen molar-refractivity contribution < 1.29 is 9.13 Å². The number of aromatic amines is 2. The van der Waals surface area contributed by atoms with Gasteiger partial charge in [-0.25, -0.2) is 4.39 Å². The van der Waals surface area contributed by atoms with E-state index in [4.69, 9.17) is 4.74 Å². The van der Waals surface area contributed by atoms with Crippen molar-refractivity contribution in [2.24, 2.45) is 0 Å². The van der Waals surface area contributed by atoms with Crippen molar-refractivity contribution in [3.05, 3.63) is 84.1 Å². The van der Waals surface area contributed by atoms with Crippen LogP contribution in [-0.4, -0.2) is 56.3 Å². The number of H-pyrrole nitrogens is 2. The molecule has 2 aromatic carbocycles. The summed E-state index contributed by atoms with van der Waals surface area (Å²) in [6.07, 6.45) is 7.93. The molecule has 0 unspecified atom stereocenters. The fourth-order valence-electron chi connectivity index (χ4n) is 5.91. The number of nitrogens with one attached hydrogen (secondary N) is 2. The summed E-state index contributed by atoms with van der Waals surface area (Å²) < 4.78 is 20.7. The van der Waals surface area contributed by atoms with Gasteiger partial charge in [0.25, 0.3) is 0 Å². The first-order chi connectivity index (χ1) is 20.0. The minimum absolute atomic E-state index is 0.347. The number of halogens is 1. The minimum Gasteiger partial charge on any atom is -0.492 e. The number of benzene rings is 2. The summed E-state index contributed by atoms with van der Waals surface area (Å²) in [5, 5.41) is 9.78. The second-order valence-corrected chi connectivity index (χ2v) is 10.9. The Morgan fingerprint density at radius 3 is 2.59 bits per heavy atom. The third-order valence-electron chi connectivity index (χ3n) is 8.06. The van der Waals surface area contributed by atoms with Crippen LogP contribution < -0.4 is 4.74 Å². The van der Waals surface area contributed by atoms with Crippen molar-refractivity contribution in [3.8, 4) is 39.5 Å². The van der Waals surface area contributed by atoms with E-state index in [-0.39, 0.29) is 5.82 Å². The number of hydrogen-bond acceptors (Lipinski definition) is 5. The van der Waals surface area contributed by atoms with Crippen molar-refractivity contribution in [1.82, 2.24) is 30.0 Å². The molecule has 0 bridgehead atoms. The Morgan fingerprint density at radius 1 is 0.878 bits per heavy atom. The second-order valence-electron chi connectivity index (χ2n) is 10.9. The average Bonchev–Trinajstić information content (AvgIpc) is 3.72. The van der Waals surface area contributed by atoms with E-state index in [9.17, 15) is 4.39 Å². The van der Waals surface area contributed by atoms with Crippen molar-refractivity contribution in [3.63, 3.8) is 0 Å². The van der Waals surface area contributed by atoms with E-state index in [1.54, 1.807) is 6.20 Å². The first kappa shape index (κ1) is 25.4. The number of aryl methyl sites for hydroxylation is 2. The van der Waals surface area contributed by atoms with Gasteiger partial charge in [-0.2, -0.15) is 5.10 Å². The molecule has 0 atom stereocenters. The summed E-state index contributed by atoms with van der Waals surface area (Å²) in [5.41, 5.74) is 9.45. The highest BCUT2D eigenvalue weighted by Crippen LogP contribution is 2.37. The van der Waals surface area contributed by atoms with E-state index >= 15 is 0 Å². The normalized spacial score (nSPS) is 13.9. The Balaban J connectivity index is 1.25. The standard InChI is InChI=1S/C33H31FN6O/c1-20-5-7-35-19-28(20)25-17-26-30(13-21(25)2)38-39-33(26)31-18-27-29(37-31)6-8-36-32(27)22-14-23(34)16-24(15-22)41-12-11-40-9-3-4-10-40/h5-8,13-19,37H,3-4,9-12H2,1-2H3,(H,38,39). The van der Waals surface area contributed by atoms with Crippen LogP contribution in [0.5, 0.6) is 5.75 Å². The van der Waals surface area contributed by atoms with Gasteiger partial charge in [0.2, 0.25) is 0 Å². The number of ether oxygens (including phenoxy) is 1. The van der Waals surface area contributed by atoms with Crippen LogP contribution in [0.2, 0.25) is 0 Å². The number of aromatic nitrogens is 5. The number of fused-ring (bicyclic) bond motifs is 2. The van der Waals surface area contributed by atoms with Crippen LogP contribution in [0, 0.1) is 19.7 Å². The molecule has 8 heteroatoms. The molecule has 7 nitrogen and oxygen atoms in total. The smallest absolute Gasteiger partial charge is 0.127 e. The number of likely N-dealkylation sites (tertiary alicyclic amines) is 1. The lowest BCUT2D eigenvalue weighted by atomic mass is 9.96. The fourth-order valence-corrected chi connectivity index (χ4v) is 5.91. The molecule has 2 N–H and O–H groups in total. The van der Waals surface area contributed by atoms with Gasteiger partial charge in [0, 0.05) is 58.6 Å². The molecular weight excluding hydrogens is 515 g/mol. The van der Waals surface area contributed by atoms with Crippen molar-refractivity contribution >= 4 is 21.8 Å². The summed E-state index contributed by atoms with van der Waals surface area (Å²) in [7, 11) is 0. The molecule has 4 aromatic heterocycles. The SMILES string of the molecule is Cc1ccncc1-c1cc2c(-c3cc4c(-c5cc(F)cc(OCCN6CCCC6)c5)nccc4[nH]3)n[nH]c2cc1C. The van der Waals surface area contributed by atoms with Crippen molar-refractivity contribution in [2.45, 2.75) is 26.7 Å². The Morgan fingerprint density at radius 2 is 1.73 bits per heavy atom. The van der Waals surface area contributed by atoms with E-state index in [2.05, 4.69) is 56.0 Å². The lowest BCUT2D eigenvalue weighted by Crippen LogP contribution is -2.25. The number of pyridine rings is 2. The van der Waals surface area contributed by atoms with E-state index in [1.807, 2.05) is 36.7 Å². The number of nitrogens with zero attached hydrogens (tertiary/aromatic N) is 4. The lowest BCUT2D eigenvalue weighted by molar-refractivity contribution is 0.237. The maximum Gasteiger partial charge on any atom is 0.127 e. The maximum absolute atomic E-state index is 14.7. The Hall–Kier alpha value is -4.56. The van der Waals surface area contributed by atoms with Gasteiger partial charge in [-0.05, 0) is 98.9 Å². The van der Waals surface area contributed by atoms with Gasteiger partial charge in [-0.15, -0.1) is 0 Å². The summed E-state index contributed by atoms with van der Waals surface area (Å²) in [5.74, 6) is 0.167. The highest BCUT2D eigenvalue weighted by molar-refractivity contribution is 6.01. The van der Waals surface area contributed by atoms with E-state index in [0.29, 0.717) is 23.6 Å². The van der Waals surface area contributed by atoms with Gasteiger partial charge in [0.1, 0.15) is 23.9 Å². The Bertz CT molecular complexity index is 1880. The van der Waals surface area contributed by atoms with Crippen LogP contribution in [-0.2, 0) is 0 Å². The molecule has 0 amide bonds.